The van der Waals surface area contributed by atoms with Crippen LogP contribution in [0.2, 0.25) is 0 Å². The number of benzene rings is 2. The van der Waals surface area contributed by atoms with Gasteiger partial charge in [-0.3, -0.25) is 14.9 Å². The number of nitro benzene ring substituents is 1. The summed E-state index contributed by atoms with van der Waals surface area (Å²) in [6, 6.07) is 8.85. The number of carbonyl (C=O) groups is 1. The minimum Gasteiger partial charge on any atom is -0.493 e. The summed E-state index contributed by atoms with van der Waals surface area (Å²) < 4.78 is 15.8. The average Bonchev–Trinajstić information content (AvgIpc) is 2.64. The second-order valence-electron chi connectivity index (χ2n) is 4.93. The van der Waals surface area contributed by atoms with Crippen molar-refractivity contribution in [1.29, 1.82) is 0 Å². The number of non-ortho nitro benzene ring substituents is 1. The lowest BCUT2D eigenvalue weighted by atomic mass is 10.1. The van der Waals surface area contributed by atoms with E-state index in [4.69, 9.17) is 14.2 Å². The number of rotatable bonds is 7. The largest absolute Gasteiger partial charge is 0.493 e. The fourth-order valence-corrected chi connectivity index (χ4v) is 2.26. The van der Waals surface area contributed by atoms with Gasteiger partial charge in [0.15, 0.2) is 17.3 Å². The number of nitro groups is 1. The minimum absolute atomic E-state index is 0.0675. The van der Waals surface area contributed by atoms with Gasteiger partial charge in [0.1, 0.15) is 0 Å². The molecule has 25 heavy (non-hydrogen) atoms. The van der Waals surface area contributed by atoms with Crippen LogP contribution in [0.25, 0.3) is 6.08 Å². The molecule has 0 unspecified atom stereocenters. The summed E-state index contributed by atoms with van der Waals surface area (Å²) in [4.78, 5) is 22.4. The third-order valence-corrected chi connectivity index (χ3v) is 3.51. The number of ether oxygens (including phenoxy) is 3. The first-order chi connectivity index (χ1) is 12.0. The smallest absolute Gasteiger partial charge is 0.269 e. The van der Waals surface area contributed by atoms with Gasteiger partial charge >= 0.3 is 0 Å². The van der Waals surface area contributed by atoms with E-state index >= 15 is 0 Å². The maximum Gasteiger partial charge on any atom is 0.269 e. The minimum atomic E-state index is -0.515. The highest BCUT2D eigenvalue weighted by Gasteiger charge is 2.14. The molecular weight excluding hydrogens is 326 g/mol. The van der Waals surface area contributed by atoms with Crippen molar-refractivity contribution in [2.75, 3.05) is 21.3 Å². The highest BCUT2D eigenvalue weighted by molar-refractivity contribution is 6.07. The van der Waals surface area contributed by atoms with Crippen LogP contribution in [0.15, 0.2) is 42.5 Å². The molecule has 0 N–H and O–H groups in total. The maximum atomic E-state index is 12.2. The second kappa shape index (κ2) is 7.96. The molecule has 0 radical (unpaired) electrons. The Bertz CT molecular complexity index is 811. The van der Waals surface area contributed by atoms with Gasteiger partial charge in [-0.25, -0.2) is 0 Å². The molecule has 0 aliphatic rings. The monoisotopic (exact) mass is 343 g/mol. The molecule has 0 aliphatic heterocycles. The Kier molecular flexibility index (Phi) is 5.73. The van der Waals surface area contributed by atoms with Crippen LogP contribution in [0.3, 0.4) is 0 Å². The lowest BCUT2D eigenvalue weighted by molar-refractivity contribution is -0.384. The Labute approximate surface area is 144 Å². The Morgan fingerprint density at radius 2 is 1.60 bits per heavy atom. The van der Waals surface area contributed by atoms with E-state index in [2.05, 4.69) is 0 Å². The fourth-order valence-electron chi connectivity index (χ4n) is 2.26. The third-order valence-electron chi connectivity index (χ3n) is 3.51. The van der Waals surface area contributed by atoms with Crippen LogP contribution >= 0.6 is 0 Å². The summed E-state index contributed by atoms with van der Waals surface area (Å²) in [5, 5.41) is 10.6. The van der Waals surface area contributed by atoms with Gasteiger partial charge in [0.25, 0.3) is 5.69 Å². The van der Waals surface area contributed by atoms with E-state index in [1.54, 1.807) is 18.2 Å². The normalized spacial score (nSPS) is 10.5. The Balaban J connectivity index is 2.29. The molecule has 0 amide bonds. The quantitative estimate of drug-likeness (QED) is 0.331. The van der Waals surface area contributed by atoms with Crippen molar-refractivity contribution in [3.8, 4) is 17.2 Å². The first-order valence-corrected chi connectivity index (χ1v) is 7.27. The number of hydrogen-bond donors (Lipinski definition) is 0. The molecule has 0 saturated carbocycles. The summed E-state index contributed by atoms with van der Waals surface area (Å²) >= 11 is 0. The molecule has 0 heterocycles. The molecule has 0 spiro atoms. The molecule has 2 rings (SSSR count). The second-order valence-corrected chi connectivity index (χ2v) is 4.93. The van der Waals surface area contributed by atoms with Gasteiger partial charge in [0.05, 0.1) is 26.3 Å². The molecule has 0 saturated heterocycles. The summed E-state index contributed by atoms with van der Waals surface area (Å²) in [7, 11) is 4.51. The zero-order valence-electron chi connectivity index (χ0n) is 14.0. The summed E-state index contributed by atoms with van der Waals surface area (Å²) in [5.41, 5.74) is 0.916. The van der Waals surface area contributed by atoms with Gasteiger partial charge in [-0.2, -0.15) is 0 Å². The molecule has 0 bridgehead atoms. The maximum absolute atomic E-state index is 12.2. The van der Waals surface area contributed by atoms with E-state index in [1.165, 1.54) is 51.7 Å². The van der Waals surface area contributed by atoms with E-state index < -0.39 is 4.92 Å². The molecular formula is C18H17NO6. The molecule has 7 heteroatoms. The summed E-state index contributed by atoms with van der Waals surface area (Å²) in [5.74, 6) is 1.09. The van der Waals surface area contributed by atoms with Crippen LogP contribution < -0.4 is 14.2 Å². The topological polar surface area (TPSA) is 87.9 Å². The zero-order valence-corrected chi connectivity index (χ0v) is 14.0. The van der Waals surface area contributed by atoms with E-state index in [1.807, 2.05) is 0 Å². The molecule has 0 aromatic heterocycles. The van der Waals surface area contributed by atoms with Crippen molar-refractivity contribution in [3.05, 3.63) is 63.7 Å². The van der Waals surface area contributed by atoms with Crippen LogP contribution in [0.1, 0.15) is 15.9 Å². The van der Waals surface area contributed by atoms with Gasteiger partial charge in [-0.05, 0) is 36.4 Å². The first kappa shape index (κ1) is 18.0. The summed E-state index contributed by atoms with van der Waals surface area (Å²) in [6.07, 6.45) is 2.95. The van der Waals surface area contributed by atoms with E-state index in [9.17, 15) is 14.9 Å². The Morgan fingerprint density at radius 3 is 2.12 bits per heavy atom. The zero-order chi connectivity index (χ0) is 18.4. The molecule has 130 valence electrons. The van der Waals surface area contributed by atoms with Gasteiger partial charge in [0, 0.05) is 23.3 Å². The van der Waals surface area contributed by atoms with E-state index in [0.717, 1.165) is 0 Å². The van der Waals surface area contributed by atoms with Crippen LogP contribution in [-0.4, -0.2) is 32.0 Å². The number of allylic oxidation sites excluding steroid dienone is 1. The van der Waals surface area contributed by atoms with Gasteiger partial charge in [-0.1, -0.05) is 0 Å². The van der Waals surface area contributed by atoms with Gasteiger partial charge in [0.2, 0.25) is 5.75 Å². The SMILES string of the molecule is COc1ccc(/C=C/C(=O)c2ccc([N+](=O)[O-])cc2)c(OC)c1OC. The number of ketones is 1. The van der Waals surface area contributed by atoms with Crippen LogP contribution in [0.4, 0.5) is 5.69 Å². The number of hydrogen-bond acceptors (Lipinski definition) is 6. The standard InChI is InChI=1S/C18H17NO6/c1-23-16-11-7-13(17(24-2)18(16)25-3)6-10-15(20)12-4-8-14(9-5-12)19(21)22/h4-11H,1-3H3/b10-6+. The van der Waals surface area contributed by atoms with Crippen molar-refractivity contribution in [2.45, 2.75) is 0 Å². The highest BCUT2D eigenvalue weighted by atomic mass is 16.6. The lowest BCUT2D eigenvalue weighted by Gasteiger charge is -2.13. The number of nitrogens with zero attached hydrogens (tertiary/aromatic N) is 1. The van der Waals surface area contributed by atoms with Crippen molar-refractivity contribution in [1.82, 2.24) is 0 Å². The number of carbonyl (C=O) groups excluding carboxylic acids is 1. The van der Waals surface area contributed by atoms with Gasteiger partial charge < -0.3 is 14.2 Å². The lowest BCUT2D eigenvalue weighted by Crippen LogP contribution is -1.98. The molecule has 0 aliphatic carbocycles. The first-order valence-electron chi connectivity index (χ1n) is 7.27. The van der Waals surface area contributed by atoms with E-state index in [0.29, 0.717) is 28.4 Å². The fraction of sp³-hybridized carbons (Fsp3) is 0.167. The molecule has 0 fully saturated rings. The van der Waals surface area contributed by atoms with Crippen molar-refractivity contribution < 1.29 is 23.9 Å². The van der Waals surface area contributed by atoms with Crippen LogP contribution in [0.5, 0.6) is 17.2 Å². The molecule has 2 aromatic rings. The highest BCUT2D eigenvalue weighted by Crippen LogP contribution is 2.40. The Hall–Kier alpha value is -3.35. The Morgan fingerprint density at radius 1 is 0.960 bits per heavy atom. The van der Waals surface area contributed by atoms with Crippen LogP contribution in [-0.2, 0) is 0 Å². The van der Waals surface area contributed by atoms with Crippen molar-refractivity contribution in [2.24, 2.45) is 0 Å². The third kappa shape index (κ3) is 3.95. The predicted octanol–water partition coefficient (Wildman–Crippen LogP) is 3.52. The molecule has 0 atom stereocenters. The van der Waals surface area contributed by atoms with Gasteiger partial charge in [-0.15, -0.1) is 0 Å². The van der Waals surface area contributed by atoms with Crippen molar-refractivity contribution >= 4 is 17.5 Å². The van der Waals surface area contributed by atoms with E-state index in [-0.39, 0.29) is 11.5 Å². The average molecular weight is 343 g/mol. The summed E-state index contributed by atoms with van der Waals surface area (Å²) in [6.45, 7) is 0. The number of methoxy groups -OCH3 is 3. The molecule has 7 nitrogen and oxygen atoms in total. The molecule has 2 aromatic carbocycles. The van der Waals surface area contributed by atoms with Crippen LogP contribution in [0, 0.1) is 10.1 Å². The van der Waals surface area contributed by atoms with Crippen molar-refractivity contribution in [3.63, 3.8) is 0 Å². The predicted molar refractivity (Wildman–Crippen MR) is 92.6 cm³/mol.